The van der Waals surface area contributed by atoms with Crippen LogP contribution in [0.4, 0.5) is 0 Å². The predicted molar refractivity (Wildman–Crippen MR) is 52.0 cm³/mol. The minimum absolute atomic E-state index is 0.225. The van der Waals surface area contributed by atoms with E-state index in [1.54, 1.807) is 12.1 Å². The second kappa shape index (κ2) is 3.13. The molecule has 3 rings (SSSR count). The van der Waals surface area contributed by atoms with Crippen molar-refractivity contribution < 1.29 is 23.9 Å². The van der Waals surface area contributed by atoms with Crippen molar-refractivity contribution in [3.05, 3.63) is 17.9 Å². The number of aromatic nitrogens is 1. The van der Waals surface area contributed by atoms with Crippen molar-refractivity contribution in [1.82, 2.24) is 5.16 Å². The smallest absolute Gasteiger partial charge is 0.375 e. The van der Waals surface area contributed by atoms with E-state index >= 15 is 0 Å². The topological polar surface area (TPSA) is 81.8 Å². The van der Waals surface area contributed by atoms with Gasteiger partial charge >= 0.3 is 5.97 Å². The summed E-state index contributed by atoms with van der Waals surface area (Å²) in [5.41, 5.74) is 0.446. The zero-order valence-electron chi connectivity index (χ0n) is 8.10. The van der Waals surface area contributed by atoms with Crippen molar-refractivity contribution >= 4 is 16.9 Å². The summed E-state index contributed by atoms with van der Waals surface area (Å²) in [7, 11) is 0. The Balaban J connectivity index is 2.35. The van der Waals surface area contributed by atoms with E-state index in [0.717, 1.165) is 0 Å². The third-order valence-electron chi connectivity index (χ3n) is 2.34. The van der Waals surface area contributed by atoms with Gasteiger partial charge in [-0.25, -0.2) is 4.79 Å². The lowest BCUT2D eigenvalue weighted by molar-refractivity contribution is 0.0654. The van der Waals surface area contributed by atoms with Gasteiger partial charge in [0.15, 0.2) is 11.5 Å². The third-order valence-corrected chi connectivity index (χ3v) is 2.34. The van der Waals surface area contributed by atoms with Crippen LogP contribution < -0.4 is 9.47 Å². The minimum Gasteiger partial charge on any atom is -0.486 e. The van der Waals surface area contributed by atoms with Crippen LogP contribution in [0.15, 0.2) is 16.7 Å². The van der Waals surface area contributed by atoms with Gasteiger partial charge in [0.2, 0.25) is 0 Å². The van der Waals surface area contributed by atoms with Crippen LogP contribution in [0.5, 0.6) is 11.5 Å². The number of benzene rings is 1. The van der Waals surface area contributed by atoms with Gasteiger partial charge in [-0.05, 0) is 12.1 Å². The minimum atomic E-state index is -1.18. The standard InChI is InChI=1S/C10H7NO5/c12-10(13)9-7-5(11-16-9)1-2-6-8(7)15-4-3-14-6/h1-2H,3-4H2,(H,12,13). The number of fused-ring (bicyclic) bond motifs is 3. The van der Waals surface area contributed by atoms with Crippen LogP contribution in [0.25, 0.3) is 10.9 Å². The lowest BCUT2D eigenvalue weighted by Gasteiger charge is -2.18. The van der Waals surface area contributed by atoms with E-state index in [4.69, 9.17) is 19.1 Å². The van der Waals surface area contributed by atoms with E-state index in [1.807, 2.05) is 0 Å². The highest BCUT2D eigenvalue weighted by Crippen LogP contribution is 2.39. The third kappa shape index (κ3) is 1.13. The Kier molecular flexibility index (Phi) is 1.76. The molecule has 1 aliphatic heterocycles. The summed E-state index contributed by atoms with van der Waals surface area (Å²) >= 11 is 0. The summed E-state index contributed by atoms with van der Waals surface area (Å²) in [6.45, 7) is 0.836. The first kappa shape index (κ1) is 9.02. The highest BCUT2D eigenvalue weighted by molar-refractivity contribution is 6.03. The van der Waals surface area contributed by atoms with E-state index in [9.17, 15) is 4.79 Å². The van der Waals surface area contributed by atoms with Crippen molar-refractivity contribution in [1.29, 1.82) is 0 Å². The Labute approximate surface area is 89.4 Å². The molecule has 0 fully saturated rings. The molecule has 16 heavy (non-hydrogen) atoms. The summed E-state index contributed by atoms with van der Waals surface area (Å²) in [5.74, 6) is -0.491. The first-order chi connectivity index (χ1) is 7.77. The second-order valence-corrected chi connectivity index (χ2v) is 3.30. The van der Waals surface area contributed by atoms with E-state index in [1.165, 1.54) is 0 Å². The molecule has 0 bridgehead atoms. The number of hydrogen-bond donors (Lipinski definition) is 1. The molecule has 2 aromatic rings. The molecule has 6 heteroatoms. The summed E-state index contributed by atoms with van der Waals surface area (Å²) in [6.07, 6.45) is 0. The summed E-state index contributed by atoms with van der Waals surface area (Å²) in [4.78, 5) is 10.9. The molecule has 1 aromatic carbocycles. The van der Waals surface area contributed by atoms with Crippen LogP contribution in [0, 0.1) is 0 Å². The molecule has 0 saturated heterocycles. The number of ether oxygens (including phenoxy) is 2. The molecule has 1 aromatic heterocycles. The SMILES string of the molecule is O=C(O)c1onc2ccc3c(c12)OCCO3. The Bertz CT molecular complexity index is 574. The number of aromatic carboxylic acids is 1. The number of carbonyl (C=O) groups is 1. The fourth-order valence-corrected chi connectivity index (χ4v) is 1.69. The van der Waals surface area contributed by atoms with Crippen molar-refractivity contribution in [2.75, 3.05) is 13.2 Å². The Morgan fingerprint density at radius 3 is 2.94 bits per heavy atom. The van der Waals surface area contributed by atoms with E-state index in [0.29, 0.717) is 35.6 Å². The van der Waals surface area contributed by atoms with Crippen molar-refractivity contribution in [3.8, 4) is 11.5 Å². The van der Waals surface area contributed by atoms with Gasteiger partial charge in [0, 0.05) is 0 Å². The summed E-state index contributed by atoms with van der Waals surface area (Å²) in [5, 5.41) is 13.0. The molecular weight excluding hydrogens is 214 g/mol. The molecule has 0 radical (unpaired) electrons. The maximum atomic E-state index is 10.9. The van der Waals surface area contributed by atoms with Crippen LogP contribution in [-0.2, 0) is 0 Å². The number of hydrogen-bond acceptors (Lipinski definition) is 5. The van der Waals surface area contributed by atoms with E-state index in [2.05, 4.69) is 5.16 Å². The normalized spacial score (nSPS) is 14.0. The predicted octanol–water partition coefficient (Wildman–Crippen LogP) is 1.30. The van der Waals surface area contributed by atoms with E-state index < -0.39 is 5.97 Å². The molecule has 0 spiro atoms. The maximum absolute atomic E-state index is 10.9. The van der Waals surface area contributed by atoms with E-state index in [-0.39, 0.29) is 5.76 Å². The zero-order valence-corrected chi connectivity index (χ0v) is 8.10. The quantitative estimate of drug-likeness (QED) is 0.781. The van der Waals surface area contributed by atoms with Crippen LogP contribution in [0.2, 0.25) is 0 Å². The Morgan fingerprint density at radius 2 is 2.12 bits per heavy atom. The molecule has 2 heterocycles. The number of rotatable bonds is 1. The fraction of sp³-hybridized carbons (Fsp3) is 0.200. The van der Waals surface area contributed by atoms with Crippen molar-refractivity contribution in [2.45, 2.75) is 0 Å². The summed E-state index contributed by atoms with van der Waals surface area (Å²) in [6, 6.07) is 3.32. The average Bonchev–Trinajstić information content (AvgIpc) is 2.73. The highest BCUT2D eigenvalue weighted by atomic mass is 16.6. The molecule has 82 valence electrons. The molecule has 0 amide bonds. The molecule has 0 unspecified atom stereocenters. The molecule has 1 aliphatic rings. The number of carboxylic acid groups (broad SMARTS) is 1. The monoisotopic (exact) mass is 221 g/mol. The first-order valence-corrected chi connectivity index (χ1v) is 4.68. The number of nitrogens with zero attached hydrogens (tertiary/aromatic N) is 1. The van der Waals surface area contributed by atoms with Crippen molar-refractivity contribution in [2.24, 2.45) is 0 Å². The highest BCUT2D eigenvalue weighted by Gasteiger charge is 2.24. The average molecular weight is 221 g/mol. The van der Waals surface area contributed by atoms with Gasteiger partial charge in [-0.3, -0.25) is 0 Å². The zero-order chi connectivity index (χ0) is 11.1. The molecule has 0 atom stereocenters. The van der Waals surface area contributed by atoms with Crippen molar-refractivity contribution in [3.63, 3.8) is 0 Å². The molecule has 0 aliphatic carbocycles. The van der Waals surface area contributed by atoms with Crippen LogP contribution in [-0.4, -0.2) is 29.4 Å². The van der Waals surface area contributed by atoms with Crippen LogP contribution in [0.3, 0.4) is 0 Å². The Morgan fingerprint density at radius 1 is 1.31 bits per heavy atom. The van der Waals surface area contributed by atoms with Crippen LogP contribution in [0.1, 0.15) is 10.6 Å². The van der Waals surface area contributed by atoms with Gasteiger partial charge in [-0.1, -0.05) is 5.16 Å². The second-order valence-electron chi connectivity index (χ2n) is 3.30. The maximum Gasteiger partial charge on any atom is 0.375 e. The van der Waals surface area contributed by atoms with Crippen LogP contribution >= 0.6 is 0 Å². The molecule has 0 saturated carbocycles. The fourth-order valence-electron chi connectivity index (χ4n) is 1.69. The lowest BCUT2D eigenvalue weighted by Crippen LogP contribution is -2.15. The molecular formula is C10H7NO5. The van der Waals surface area contributed by atoms with Gasteiger partial charge in [-0.15, -0.1) is 0 Å². The summed E-state index contributed by atoms with van der Waals surface area (Å²) < 4.78 is 15.5. The van der Waals surface area contributed by atoms with Gasteiger partial charge in [0.1, 0.15) is 24.1 Å². The molecule has 1 N–H and O–H groups in total. The Hall–Kier alpha value is -2.24. The largest absolute Gasteiger partial charge is 0.486 e. The van der Waals surface area contributed by atoms with Gasteiger partial charge in [-0.2, -0.15) is 0 Å². The lowest BCUT2D eigenvalue weighted by atomic mass is 10.1. The van der Waals surface area contributed by atoms with Gasteiger partial charge in [0.05, 0.1) is 0 Å². The van der Waals surface area contributed by atoms with Gasteiger partial charge in [0.25, 0.3) is 5.76 Å². The molecule has 6 nitrogen and oxygen atoms in total. The number of carboxylic acids is 1. The first-order valence-electron chi connectivity index (χ1n) is 4.68. The van der Waals surface area contributed by atoms with Gasteiger partial charge < -0.3 is 19.1 Å².